The molecule has 106 valence electrons. The summed E-state index contributed by atoms with van der Waals surface area (Å²) >= 11 is 3.19. The maximum Gasteiger partial charge on any atom is 0.255 e. The van der Waals surface area contributed by atoms with Crippen molar-refractivity contribution >= 4 is 32.6 Å². The van der Waals surface area contributed by atoms with E-state index in [4.69, 9.17) is 0 Å². The Morgan fingerprint density at radius 1 is 1.15 bits per heavy atom. The van der Waals surface area contributed by atoms with Crippen LogP contribution < -0.4 is 0 Å². The monoisotopic (exact) mass is 341 g/mol. The minimum absolute atomic E-state index is 0.256. The van der Waals surface area contributed by atoms with Crippen LogP contribution in [0.4, 0.5) is 8.78 Å². The molecule has 0 radical (unpaired) electrons. The summed E-state index contributed by atoms with van der Waals surface area (Å²) in [5.41, 5.74) is 0.463. The minimum atomic E-state index is -2.53. The molecule has 20 heavy (non-hydrogen) atoms. The molecule has 2 aromatic carbocycles. The van der Waals surface area contributed by atoms with E-state index < -0.39 is 13.0 Å². The Morgan fingerprint density at radius 2 is 1.85 bits per heavy atom. The van der Waals surface area contributed by atoms with Crippen molar-refractivity contribution in [3.63, 3.8) is 0 Å². The number of alkyl halides is 3. The number of carbonyl (C=O) groups is 1. The van der Waals surface area contributed by atoms with Crippen molar-refractivity contribution in [2.75, 3.05) is 18.4 Å². The molecule has 0 atom stereocenters. The van der Waals surface area contributed by atoms with Gasteiger partial charge in [0.15, 0.2) is 0 Å². The fourth-order valence-corrected chi connectivity index (χ4v) is 2.55. The molecule has 0 saturated heterocycles. The van der Waals surface area contributed by atoms with E-state index in [9.17, 15) is 13.6 Å². The molecule has 0 aliphatic carbocycles. The first-order valence-electron chi connectivity index (χ1n) is 6.24. The Balaban J connectivity index is 2.38. The van der Waals surface area contributed by atoms with Crippen molar-refractivity contribution in [3.05, 3.63) is 48.0 Å². The normalized spacial score (nSPS) is 11.0. The third-order valence-electron chi connectivity index (χ3n) is 3.02. The van der Waals surface area contributed by atoms with E-state index in [-0.39, 0.29) is 12.5 Å². The van der Waals surface area contributed by atoms with Crippen molar-refractivity contribution in [1.29, 1.82) is 0 Å². The van der Waals surface area contributed by atoms with Crippen LogP contribution in [-0.2, 0) is 0 Å². The molecule has 1 amide bonds. The van der Waals surface area contributed by atoms with Crippen molar-refractivity contribution in [2.24, 2.45) is 0 Å². The number of hydrogen-bond donors (Lipinski definition) is 0. The van der Waals surface area contributed by atoms with Crippen LogP contribution in [0.25, 0.3) is 10.8 Å². The lowest BCUT2D eigenvalue weighted by atomic mass is 10.0. The number of halogens is 3. The number of benzene rings is 2. The van der Waals surface area contributed by atoms with E-state index in [0.717, 1.165) is 10.8 Å². The highest BCUT2D eigenvalue weighted by Gasteiger charge is 2.20. The summed E-state index contributed by atoms with van der Waals surface area (Å²) in [5, 5.41) is 2.18. The fraction of sp³-hybridized carbons (Fsp3) is 0.267. The van der Waals surface area contributed by atoms with Crippen molar-refractivity contribution in [1.82, 2.24) is 4.90 Å². The molecule has 2 nitrogen and oxygen atoms in total. The maximum absolute atomic E-state index is 12.6. The molecular weight excluding hydrogens is 328 g/mol. The maximum atomic E-state index is 12.6. The van der Waals surface area contributed by atoms with Gasteiger partial charge in [-0.2, -0.15) is 0 Å². The zero-order valence-corrected chi connectivity index (χ0v) is 12.3. The predicted octanol–water partition coefficient (Wildman–Crippen LogP) is 3.94. The van der Waals surface area contributed by atoms with Gasteiger partial charge in [0.05, 0.1) is 6.54 Å². The highest BCUT2D eigenvalue weighted by molar-refractivity contribution is 9.09. The van der Waals surface area contributed by atoms with E-state index in [1.54, 1.807) is 12.1 Å². The van der Waals surface area contributed by atoms with Crippen molar-refractivity contribution in [3.8, 4) is 0 Å². The summed E-state index contributed by atoms with van der Waals surface area (Å²) in [6, 6.07) is 12.8. The Bertz CT molecular complexity index is 598. The average Bonchev–Trinajstić information content (AvgIpc) is 2.45. The summed E-state index contributed by atoms with van der Waals surface area (Å²) in [4.78, 5) is 13.6. The van der Waals surface area contributed by atoms with Gasteiger partial charge in [0.2, 0.25) is 0 Å². The zero-order chi connectivity index (χ0) is 14.5. The topological polar surface area (TPSA) is 20.3 Å². The second-order valence-electron chi connectivity index (χ2n) is 4.36. The van der Waals surface area contributed by atoms with Crippen LogP contribution in [0.1, 0.15) is 10.4 Å². The number of carbonyl (C=O) groups excluding carboxylic acids is 1. The molecule has 0 aliphatic heterocycles. The minimum Gasteiger partial charge on any atom is -0.332 e. The molecule has 5 heteroatoms. The summed E-state index contributed by atoms with van der Waals surface area (Å²) < 4.78 is 25.2. The fourth-order valence-electron chi connectivity index (χ4n) is 2.13. The third kappa shape index (κ3) is 3.33. The van der Waals surface area contributed by atoms with Crippen LogP contribution in [0.2, 0.25) is 0 Å². The first-order chi connectivity index (χ1) is 9.63. The van der Waals surface area contributed by atoms with Crippen LogP contribution >= 0.6 is 15.9 Å². The zero-order valence-electron chi connectivity index (χ0n) is 10.7. The van der Waals surface area contributed by atoms with Gasteiger partial charge in [0.1, 0.15) is 0 Å². The van der Waals surface area contributed by atoms with Gasteiger partial charge in [-0.3, -0.25) is 4.79 Å². The predicted molar refractivity (Wildman–Crippen MR) is 79.6 cm³/mol. The first-order valence-corrected chi connectivity index (χ1v) is 7.36. The van der Waals surface area contributed by atoms with Crippen molar-refractivity contribution < 1.29 is 13.6 Å². The summed E-state index contributed by atoms with van der Waals surface area (Å²) in [6.07, 6.45) is -2.53. The average molecular weight is 342 g/mol. The van der Waals surface area contributed by atoms with E-state index in [2.05, 4.69) is 15.9 Å². The smallest absolute Gasteiger partial charge is 0.255 e. The standard InChI is InChI=1S/C15H14BrF2NO/c16-8-9-19(10-14(17)18)15(20)13-7-3-5-11-4-1-2-6-12(11)13/h1-7,14H,8-10H2. The molecule has 0 bridgehead atoms. The molecule has 2 aromatic rings. The number of amides is 1. The number of nitrogens with zero attached hydrogens (tertiary/aromatic N) is 1. The quantitative estimate of drug-likeness (QED) is 0.754. The largest absolute Gasteiger partial charge is 0.332 e. The van der Waals surface area contributed by atoms with Gasteiger partial charge in [-0.25, -0.2) is 8.78 Å². The highest BCUT2D eigenvalue weighted by atomic mass is 79.9. The summed E-state index contributed by atoms with van der Waals surface area (Å²) in [7, 11) is 0. The van der Waals surface area contributed by atoms with Gasteiger partial charge in [-0.05, 0) is 16.8 Å². The number of rotatable bonds is 5. The van der Waals surface area contributed by atoms with E-state index in [1.165, 1.54) is 4.90 Å². The lowest BCUT2D eigenvalue weighted by Gasteiger charge is -2.22. The van der Waals surface area contributed by atoms with Gasteiger partial charge < -0.3 is 4.90 Å². The molecule has 0 aromatic heterocycles. The van der Waals surface area contributed by atoms with Crippen LogP contribution in [0.15, 0.2) is 42.5 Å². The molecular formula is C15H14BrF2NO. The molecule has 2 rings (SSSR count). The van der Waals surface area contributed by atoms with Crippen molar-refractivity contribution in [2.45, 2.75) is 6.43 Å². The molecule has 0 spiro atoms. The van der Waals surface area contributed by atoms with E-state index in [1.807, 2.05) is 30.3 Å². The molecule has 0 aliphatic rings. The lowest BCUT2D eigenvalue weighted by Crippen LogP contribution is -2.36. The van der Waals surface area contributed by atoms with Gasteiger partial charge in [-0.15, -0.1) is 0 Å². The number of fused-ring (bicyclic) bond motifs is 1. The second kappa shape index (κ2) is 6.79. The molecule has 0 N–H and O–H groups in total. The summed E-state index contributed by atoms with van der Waals surface area (Å²) in [6.45, 7) is -0.292. The molecule has 0 fully saturated rings. The summed E-state index contributed by atoms with van der Waals surface area (Å²) in [5.74, 6) is -0.360. The molecule has 0 heterocycles. The Labute approximate surface area is 124 Å². The Hall–Kier alpha value is -1.49. The third-order valence-corrected chi connectivity index (χ3v) is 3.37. The Kier molecular flexibility index (Phi) is 5.06. The van der Waals surface area contributed by atoms with Gasteiger partial charge in [0.25, 0.3) is 12.3 Å². The first kappa shape index (κ1) is 14.9. The SMILES string of the molecule is O=C(c1cccc2ccccc12)N(CCBr)CC(F)F. The molecule has 0 unspecified atom stereocenters. The Morgan fingerprint density at radius 3 is 2.55 bits per heavy atom. The van der Waals surface area contributed by atoms with Gasteiger partial charge in [-0.1, -0.05) is 52.3 Å². The van der Waals surface area contributed by atoms with Gasteiger partial charge >= 0.3 is 0 Å². The lowest BCUT2D eigenvalue weighted by molar-refractivity contribution is 0.0574. The highest BCUT2D eigenvalue weighted by Crippen LogP contribution is 2.20. The van der Waals surface area contributed by atoms with Crippen LogP contribution in [0, 0.1) is 0 Å². The van der Waals surface area contributed by atoms with E-state index >= 15 is 0 Å². The molecule has 0 saturated carbocycles. The van der Waals surface area contributed by atoms with Gasteiger partial charge in [0, 0.05) is 17.4 Å². The van der Waals surface area contributed by atoms with Crippen LogP contribution in [-0.4, -0.2) is 35.7 Å². The van der Waals surface area contributed by atoms with Crippen LogP contribution in [0.3, 0.4) is 0 Å². The van der Waals surface area contributed by atoms with Crippen LogP contribution in [0.5, 0.6) is 0 Å². The second-order valence-corrected chi connectivity index (χ2v) is 5.15. The van der Waals surface area contributed by atoms with E-state index in [0.29, 0.717) is 10.9 Å². The number of hydrogen-bond acceptors (Lipinski definition) is 1.